The van der Waals surface area contributed by atoms with Gasteiger partial charge in [0.1, 0.15) is 42.9 Å². The average molecular weight is 651 g/mol. The summed E-state index contributed by atoms with van der Waals surface area (Å²) in [4.78, 5) is 51.0. The predicted molar refractivity (Wildman–Crippen MR) is 139 cm³/mol. The summed E-state index contributed by atoms with van der Waals surface area (Å²) in [5, 5.41) is -4.76. The lowest BCUT2D eigenvalue weighted by molar-refractivity contribution is -0.189. The molecule has 3 aliphatic heterocycles. The third-order valence-corrected chi connectivity index (χ3v) is 11.8. The Morgan fingerprint density at radius 2 is 1.75 bits per heavy atom. The van der Waals surface area contributed by atoms with E-state index in [9.17, 15) is 36.4 Å². The van der Waals surface area contributed by atoms with Crippen molar-refractivity contribution in [2.24, 2.45) is 41.4 Å². The monoisotopic (exact) mass is 650 g/mol. The zero-order chi connectivity index (χ0) is 31.9. The van der Waals surface area contributed by atoms with Gasteiger partial charge >= 0.3 is 39.2 Å². The van der Waals surface area contributed by atoms with Crippen LogP contribution in [0.15, 0.2) is 0 Å². The maximum Gasteiger partial charge on any atom is 0.405 e. The summed E-state index contributed by atoms with van der Waals surface area (Å²) in [6.07, 6.45) is -1.12. The van der Waals surface area contributed by atoms with Crippen molar-refractivity contribution in [2.75, 3.05) is 13.2 Å². The highest BCUT2D eigenvalue weighted by Gasteiger charge is 2.73. The molecule has 0 radical (unpaired) electrons. The van der Waals surface area contributed by atoms with Crippen LogP contribution in [0.2, 0.25) is 0 Å². The molecule has 6 fully saturated rings. The molecular weight excluding hydrogens is 614 g/mol. The molecule has 3 saturated carbocycles. The summed E-state index contributed by atoms with van der Waals surface area (Å²) in [6, 6.07) is 0. The Morgan fingerprint density at radius 1 is 1.07 bits per heavy atom. The van der Waals surface area contributed by atoms with E-state index in [0.717, 1.165) is 19.3 Å². The Hall–Kier alpha value is -2.43. The van der Waals surface area contributed by atoms with E-state index in [-0.39, 0.29) is 11.8 Å². The van der Waals surface area contributed by atoms with E-state index in [1.54, 1.807) is 0 Å². The number of hydrogen-bond donors (Lipinski definition) is 1. The second kappa shape index (κ2) is 10.8. The summed E-state index contributed by atoms with van der Waals surface area (Å²) in [5.74, 6) is -3.58. The van der Waals surface area contributed by atoms with E-state index in [1.165, 1.54) is 12.8 Å². The van der Waals surface area contributed by atoms with Gasteiger partial charge < -0.3 is 28.4 Å². The lowest BCUT2D eigenvalue weighted by atomic mass is 9.68. The molecule has 0 amide bonds. The quantitative estimate of drug-likeness (QED) is 0.194. The van der Waals surface area contributed by atoms with Gasteiger partial charge in [0.25, 0.3) is 0 Å². The highest BCUT2D eigenvalue weighted by atomic mass is 32.2. The van der Waals surface area contributed by atoms with Crippen LogP contribution in [0, 0.1) is 41.4 Å². The number of fused-ring (bicyclic) bond motifs is 6. The second-order valence-electron chi connectivity index (χ2n) is 13.2. The highest BCUT2D eigenvalue weighted by molar-refractivity contribution is 7.86. The van der Waals surface area contributed by atoms with Crippen LogP contribution in [-0.2, 0) is 57.7 Å². The molecular formula is C28H36F2O13S. The normalized spacial score (nSPS) is 40.7. The van der Waals surface area contributed by atoms with Crippen LogP contribution in [0.5, 0.6) is 0 Å². The number of carbonyl (C=O) groups is 4. The van der Waals surface area contributed by atoms with Gasteiger partial charge in [0.15, 0.2) is 18.3 Å². The standard InChI is InChI=1S/C28H36F2O13S/c1-11(2)27(8-13-7-16(27)15-6-4-5-14(13)15)43-26(34)20-19-21-24(42-25(19)33)23(22(20)41-21)40-18(32)10-38-9-17(31)39-12(3)28(29,30)44(35,36)37/h11-16,19-24H,4-10H2,1-3H3,(H,35,36,37). The van der Waals surface area contributed by atoms with Crippen LogP contribution >= 0.6 is 0 Å². The van der Waals surface area contributed by atoms with Crippen molar-refractivity contribution < 1.29 is 69.4 Å². The number of hydrogen-bond acceptors (Lipinski definition) is 12. The minimum atomic E-state index is -5.84. The van der Waals surface area contributed by atoms with Gasteiger partial charge in [-0.05, 0) is 56.3 Å². The molecule has 12 unspecified atom stereocenters. The van der Waals surface area contributed by atoms with Crippen LogP contribution in [0.3, 0.4) is 0 Å². The molecule has 0 spiro atoms. The summed E-state index contributed by atoms with van der Waals surface area (Å²) in [5.41, 5.74) is -0.644. The van der Waals surface area contributed by atoms with Gasteiger partial charge in [-0.25, -0.2) is 9.59 Å². The van der Waals surface area contributed by atoms with Gasteiger partial charge in [-0.3, -0.25) is 14.1 Å². The van der Waals surface area contributed by atoms with E-state index in [4.69, 9.17) is 28.2 Å². The predicted octanol–water partition coefficient (Wildman–Crippen LogP) is 1.66. The van der Waals surface area contributed by atoms with E-state index in [1.807, 2.05) is 0 Å². The number of esters is 4. The fraction of sp³-hybridized carbons (Fsp3) is 0.857. The molecule has 1 N–H and O–H groups in total. The minimum absolute atomic E-state index is 0.0607. The molecule has 0 aromatic heterocycles. The van der Waals surface area contributed by atoms with Crippen LogP contribution in [0.4, 0.5) is 8.78 Å². The molecule has 246 valence electrons. The molecule has 0 aromatic carbocycles. The third-order valence-electron chi connectivity index (χ3n) is 10.8. The number of halogens is 2. The molecule has 13 nitrogen and oxygen atoms in total. The van der Waals surface area contributed by atoms with Crippen molar-refractivity contribution >= 4 is 34.0 Å². The first-order valence-electron chi connectivity index (χ1n) is 15.0. The summed E-state index contributed by atoms with van der Waals surface area (Å²) >= 11 is 0. The minimum Gasteiger partial charge on any atom is -0.458 e. The van der Waals surface area contributed by atoms with Gasteiger partial charge in [0.05, 0.1) is 0 Å². The van der Waals surface area contributed by atoms with Gasteiger partial charge in [-0.2, -0.15) is 17.2 Å². The van der Waals surface area contributed by atoms with Crippen molar-refractivity contribution in [1.82, 2.24) is 0 Å². The van der Waals surface area contributed by atoms with E-state index in [2.05, 4.69) is 18.6 Å². The van der Waals surface area contributed by atoms with Gasteiger partial charge in [-0.1, -0.05) is 20.3 Å². The number of ether oxygens (including phenoxy) is 6. The fourth-order valence-corrected chi connectivity index (χ4v) is 9.41. The van der Waals surface area contributed by atoms with Gasteiger partial charge in [0, 0.05) is 5.92 Å². The maximum atomic E-state index is 13.9. The first-order valence-corrected chi connectivity index (χ1v) is 16.4. The lowest BCUT2D eigenvalue weighted by Gasteiger charge is -2.46. The average Bonchev–Trinajstić information content (AvgIpc) is 3.74. The molecule has 0 aromatic rings. The topological polar surface area (TPSA) is 178 Å². The van der Waals surface area contributed by atoms with Gasteiger partial charge in [0.2, 0.25) is 0 Å². The fourth-order valence-electron chi connectivity index (χ4n) is 8.94. The largest absolute Gasteiger partial charge is 0.458 e. The molecule has 16 heteroatoms. The smallest absolute Gasteiger partial charge is 0.405 e. The van der Waals surface area contributed by atoms with Crippen molar-refractivity contribution in [3.8, 4) is 0 Å². The Bertz CT molecular complexity index is 1340. The molecule has 6 aliphatic rings. The molecule has 3 aliphatic carbocycles. The van der Waals surface area contributed by atoms with Crippen LogP contribution < -0.4 is 0 Å². The Morgan fingerprint density at radius 3 is 2.43 bits per heavy atom. The first kappa shape index (κ1) is 31.5. The lowest BCUT2D eigenvalue weighted by Crippen LogP contribution is -2.53. The third kappa shape index (κ3) is 4.81. The summed E-state index contributed by atoms with van der Waals surface area (Å²) in [7, 11) is -5.84. The Labute approximate surface area is 252 Å². The Kier molecular flexibility index (Phi) is 7.77. The maximum absolute atomic E-state index is 13.9. The van der Waals surface area contributed by atoms with E-state index in [0.29, 0.717) is 24.7 Å². The van der Waals surface area contributed by atoms with Crippen molar-refractivity contribution in [3.63, 3.8) is 0 Å². The van der Waals surface area contributed by atoms with Gasteiger partial charge in [-0.15, -0.1) is 0 Å². The molecule has 4 bridgehead atoms. The summed E-state index contributed by atoms with van der Waals surface area (Å²) < 4.78 is 89.7. The van der Waals surface area contributed by atoms with Crippen LogP contribution in [0.25, 0.3) is 0 Å². The number of alkyl halides is 2. The van der Waals surface area contributed by atoms with E-state index < -0.39 is 100 Å². The molecule has 44 heavy (non-hydrogen) atoms. The number of rotatable bonds is 11. The highest BCUT2D eigenvalue weighted by Crippen LogP contribution is 2.65. The Balaban J connectivity index is 1.07. The molecule has 3 saturated heterocycles. The molecule has 12 atom stereocenters. The number of carbonyl (C=O) groups excluding carboxylic acids is 4. The summed E-state index contributed by atoms with van der Waals surface area (Å²) in [6.45, 7) is 2.78. The van der Waals surface area contributed by atoms with Crippen molar-refractivity contribution in [1.29, 1.82) is 0 Å². The van der Waals surface area contributed by atoms with Crippen molar-refractivity contribution in [3.05, 3.63) is 0 Å². The van der Waals surface area contributed by atoms with Crippen molar-refractivity contribution in [2.45, 2.75) is 94.3 Å². The first-order chi connectivity index (χ1) is 20.6. The zero-order valence-electron chi connectivity index (χ0n) is 24.4. The van der Waals surface area contributed by atoms with E-state index >= 15 is 0 Å². The SMILES string of the molecule is CC(C)C1(OC(=O)C2C3OC4C(OC(=O)C42)C3OC(=O)COCC(=O)OC(C)C(F)(F)S(=O)(=O)O)CC2CC1C1CCCC21. The molecule has 6 rings (SSSR count). The molecule has 3 heterocycles. The van der Waals surface area contributed by atoms with Crippen LogP contribution in [0.1, 0.15) is 52.9 Å². The van der Waals surface area contributed by atoms with Crippen LogP contribution in [-0.4, -0.2) is 91.4 Å². The zero-order valence-corrected chi connectivity index (χ0v) is 25.2. The second-order valence-corrected chi connectivity index (χ2v) is 14.7.